The van der Waals surface area contributed by atoms with E-state index in [1.807, 2.05) is 33.8 Å². The third kappa shape index (κ3) is 3.51. The fourth-order valence-electron chi connectivity index (χ4n) is 8.13. The van der Waals surface area contributed by atoms with Crippen molar-refractivity contribution in [2.75, 3.05) is 0 Å². The Balaban J connectivity index is 1.70. The van der Waals surface area contributed by atoms with Crippen LogP contribution < -0.4 is 0 Å². The lowest BCUT2D eigenvalue weighted by Crippen LogP contribution is -2.62. The zero-order valence-corrected chi connectivity index (χ0v) is 20.7. The Bertz CT molecular complexity index is 872. The van der Waals surface area contributed by atoms with Crippen molar-refractivity contribution in [1.29, 1.82) is 0 Å². The number of hydrogen-bond donors (Lipinski definition) is 5. The SMILES string of the molecule is CC(C)=CCC(O)C(C)(O)C1CCC2(O)C3=CC(=O)C4CC(O)C(O)CC4(C)C3CCC12C. The van der Waals surface area contributed by atoms with E-state index in [0.717, 1.165) is 17.6 Å². The van der Waals surface area contributed by atoms with Gasteiger partial charge in [0.05, 0.1) is 29.5 Å². The molecule has 10 unspecified atom stereocenters. The van der Waals surface area contributed by atoms with Crippen LogP contribution >= 0.6 is 0 Å². The van der Waals surface area contributed by atoms with Gasteiger partial charge in [0.2, 0.25) is 0 Å². The first-order chi connectivity index (χ1) is 15.2. The number of allylic oxidation sites excluding steroid dienone is 2. The first kappa shape index (κ1) is 25.1. The summed E-state index contributed by atoms with van der Waals surface area (Å²) in [5, 5.41) is 55.3. The fourth-order valence-corrected chi connectivity index (χ4v) is 8.13. The molecular weight excluding hydrogens is 420 g/mol. The molecule has 4 aliphatic rings. The van der Waals surface area contributed by atoms with Gasteiger partial charge in [-0.25, -0.2) is 0 Å². The average molecular weight is 463 g/mol. The summed E-state index contributed by atoms with van der Waals surface area (Å²) in [7, 11) is 0. The minimum Gasteiger partial charge on any atom is -0.390 e. The molecule has 0 saturated heterocycles. The Morgan fingerprint density at radius 3 is 2.48 bits per heavy atom. The van der Waals surface area contributed by atoms with E-state index in [1.165, 1.54) is 0 Å². The summed E-state index contributed by atoms with van der Waals surface area (Å²) in [6.07, 6.45) is 4.16. The van der Waals surface area contributed by atoms with E-state index in [1.54, 1.807) is 13.0 Å². The second-order valence-corrected chi connectivity index (χ2v) is 12.4. The summed E-state index contributed by atoms with van der Waals surface area (Å²) >= 11 is 0. The molecule has 3 saturated carbocycles. The quantitative estimate of drug-likeness (QED) is 0.410. The van der Waals surface area contributed by atoms with Crippen molar-refractivity contribution in [3.8, 4) is 0 Å². The van der Waals surface area contributed by atoms with Crippen molar-refractivity contribution >= 4 is 5.78 Å². The molecule has 0 aromatic rings. The summed E-state index contributed by atoms with van der Waals surface area (Å²) in [4.78, 5) is 13.2. The monoisotopic (exact) mass is 462 g/mol. The van der Waals surface area contributed by atoms with Gasteiger partial charge in [0.1, 0.15) is 0 Å². The first-order valence-electron chi connectivity index (χ1n) is 12.6. The van der Waals surface area contributed by atoms with Gasteiger partial charge in [0, 0.05) is 11.3 Å². The molecule has 0 bridgehead atoms. The molecule has 0 amide bonds. The van der Waals surface area contributed by atoms with E-state index < -0.39 is 40.3 Å². The minimum absolute atomic E-state index is 0.0558. The highest BCUT2D eigenvalue weighted by Crippen LogP contribution is 2.68. The maximum atomic E-state index is 13.2. The van der Waals surface area contributed by atoms with Crippen molar-refractivity contribution in [3.05, 3.63) is 23.3 Å². The molecule has 6 nitrogen and oxygen atoms in total. The normalized spacial score (nSPS) is 47.5. The van der Waals surface area contributed by atoms with Gasteiger partial charge in [-0.2, -0.15) is 0 Å². The molecule has 6 heteroatoms. The van der Waals surface area contributed by atoms with Gasteiger partial charge in [0.15, 0.2) is 5.78 Å². The van der Waals surface area contributed by atoms with Crippen LogP contribution in [0.1, 0.15) is 79.6 Å². The molecule has 0 spiro atoms. The van der Waals surface area contributed by atoms with E-state index >= 15 is 0 Å². The number of fused-ring (bicyclic) bond motifs is 5. The van der Waals surface area contributed by atoms with Gasteiger partial charge in [-0.1, -0.05) is 25.5 Å². The lowest BCUT2D eigenvalue weighted by molar-refractivity contribution is -0.174. The molecular formula is C27H42O6. The highest BCUT2D eigenvalue weighted by atomic mass is 16.3. The van der Waals surface area contributed by atoms with Gasteiger partial charge in [-0.3, -0.25) is 4.79 Å². The van der Waals surface area contributed by atoms with E-state index in [-0.39, 0.29) is 30.0 Å². The Hall–Kier alpha value is -1.05. The molecule has 10 atom stereocenters. The standard InChI is InChI=1S/C27H42O6/c1-15(2)6-7-23(31)26(5,32)22-9-11-27(33)17-12-19(28)18-13-20(29)21(30)14-24(18,3)16(17)8-10-25(22,27)4/h6,12,16,18,20-23,29-33H,7-11,13-14H2,1-5H3. The number of aliphatic hydroxyl groups excluding tert-OH is 3. The summed E-state index contributed by atoms with van der Waals surface area (Å²) in [5.74, 6) is -0.813. The Labute approximate surface area is 197 Å². The fraction of sp³-hybridized carbons (Fsp3) is 0.815. The summed E-state index contributed by atoms with van der Waals surface area (Å²) in [6, 6.07) is 0. The first-order valence-corrected chi connectivity index (χ1v) is 12.6. The number of carbonyl (C=O) groups excluding carboxylic acids is 1. The molecule has 3 fully saturated rings. The van der Waals surface area contributed by atoms with Gasteiger partial charge < -0.3 is 25.5 Å². The van der Waals surface area contributed by atoms with Crippen molar-refractivity contribution in [1.82, 2.24) is 0 Å². The summed E-state index contributed by atoms with van der Waals surface area (Å²) in [6.45, 7) is 9.63. The lowest BCUT2D eigenvalue weighted by Gasteiger charge is -2.60. The van der Waals surface area contributed by atoms with Gasteiger partial charge >= 0.3 is 0 Å². The van der Waals surface area contributed by atoms with E-state index in [0.29, 0.717) is 32.1 Å². The zero-order valence-electron chi connectivity index (χ0n) is 20.7. The van der Waals surface area contributed by atoms with Crippen LogP contribution in [0.15, 0.2) is 23.3 Å². The summed E-state index contributed by atoms with van der Waals surface area (Å²) < 4.78 is 0. The molecule has 0 aromatic heterocycles. The third-order valence-corrected chi connectivity index (χ3v) is 10.2. The zero-order chi connectivity index (χ0) is 24.6. The molecule has 0 radical (unpaired) electrons. The highest BCUT2D eigenvalue weighted by Gasteiger charge is 2.69. The van der Waals surface area contributed by atoms with Crippen molar-refractivity contribution < 1.29 is 30.3 Å². The second kappa shape index (κ2) is 7.99. The van der Waals surface area contributed by atoms with E-state index in [2.05, 4.69) is 0 Å². The highest BCUT2D eigenvalue weighted by molar-refractivity contribution is 5.95. The number of rotatable bonds is 4. The maximum absolute atomic E-state index is 13.2. The van der Waals surface area contributed by atoms with Crippen LogP contribution in [-0.2, 0) is 4.79 Å². The van der Waals surface area contributed by atoms with Crippen LogP contribution in [0.3, 0.4) is 0 Å². The molecule has 5 N–H and O–H groups in total. The van der Waals surface area contributed by atoms with Crippen LogP contribution in [0.5, 0.6) is 0 Å². The number of ketones is 1. The van der Waals surface area contributed by atoms with Crippen molar-refractivity contribution in [2.24, 2.45) is 28.6 Å². The predicted octanol–water partition coefficient (Wildman–Crippen LogP) is 2.66. The third-order valence-electron chi connectivity index (χ3n) is 10.2. The van der Waals surface area contributed by atoms with Crippen molar-refractivity contribution in [2.45, 2.75) is 109 Å². The molecule has 0 aromatic carbocycles. The minimum atomic E-state index is -1.38. The number of hydrogen-bond acceptors (Lipinski definition) is 6. The van der Waals surface area contributed by atoms with E-state index in [9.17, 15) is 30.3 Å². The predicted molar refractivity (Wildman–Crippen MR) is 125 cm³/mol. The molecule has 4 rings (SSSR count). The molecule has 0 aliphatic heterocycles. The largest absolute Gasteiger partial charge is 0.390 e. The van der Waals surface area contributed by atoms with Crippen LogP contribution in [0.25, 0.3) is 0 Å². The average Bonchev–Trinajstić information content (AvgIpc) is 3.00. The molecule has 0 heterocycles. The topological polar surface area (TPSA) is 118 Å². The maximum Gasteiger partial charge on any atom is 0.159 e. The lowest BCUT2D eigenvalue weighted by atomic mass is 9.45. The van der Waals surface area contributed by atoms with E-state index in [4.69, 9.17) is 0 Å². The van der Waals surface area contributed by atoms with Crippen LogP contribution in [0, 0.1) is 28.6 Å². The van der Waals surface area contributed by atoms with Crippen LogP contribution in [0.4, 0.5) is 0 Å². The number of carbonyl (C=O) groups is 1. The van der Waals surface area contributed by atoms with Gasteiger partial charge in [-0.05, 0) is 94.6 Å². The van der Waals surface area contributed by atoms with Gasteiger partial charge in [-0.15, -0.1) is 0 Å². The Kier molecular flexibility index (Phi) is 6.07. The second-order valence-electron chi connectivity index (χ2n) is 12.4. The van der Waals surface area contributed by atoms with Gasteiger partial charge in [0.25, 0.3) is 0 Å². The number of aliphatic hydroxyl groups is 5. The molecule has 186 valence electrons. The van der Waals surface area contributed by atoms with Crippen molar-refractivity contribution in [3.63, 3.8) is 0 Å². The molecule has 33 heavy (non-hydrogen) atoms. The van der Waals surface area contributed by atoms with Crippen LogP contribution in [0.2, 0.25) is 0 Å². The molecule has 4 aliphatic carbocycles. The Morgan fingerprint density at radius 1 is 1.18 bits per heavy atom. The smallest absolute Gasteiger partial charge is 0.159 e. The summed E-state index contributed by atoms with van der Waals surface area (Å²) in [5.41, 5.74) is -2.00. The Morgan fingerprint density at radius 2 is 1.85 bits per heavy atom. The van der Waals surface area contributed by atoms with Crippen LogP contribution in [-0.4, -0.2) is 60.8 Å².